The van der Waals surface area contributed by atoms with E-state index in [0.29, 0.717) is 6.04 Å². The lowest BCUT2D eigenvalue weighted by Gasteiger charge is -2.16. The molecule has 2 nitrogen and oxygen atoms in total. The number of rotatable bonds is 5. The third kappa shape index (κ3) is 2.38. The minimum Gasteiger partial charge on any atom is -0.383 e. The summed E-state index contributed by atoms with van der Waals surface area (Å²) >= 11 is 0. The van der Waals surface area contributed by atoms with Crippen LogP contribution in [0.5, 0.6) is 0 Å². The summed E-state index contributed by atoms with van der Waals surface area (Å²) in [6.45, 7) is 3.01. The van der Waals surface area contributed by atoms with E-state index >= 15 is 0 Å². The molecule has 68 valence electrons. The minimum absolute atomic E-state index is 0.509. The molecular weight excluding hydrogens is 150 g/mol. The van der Waals surface area contributed by atoms with Gasteiger partial charge in [-0.05, 0) is 18.6 Å². The summed E-state index contributed by atoms with van der Waals surface area (Å²) in [4.78, 5) is 0. The first-order valence-corrected chi connectivity index (χ1v) is 4.50. The number of nitrogens with zero attached hydrogens (tertiary/aromatic N) is 1. The molecule has 1 unspecified atom stereocenters. The van der Waals surface area contributed by atoms with E-state index < -0.39 is 0 Å². The maximum absolute atomic E-state index is 5.16. The van der Waals surface area contributed by atoms with E-state index in [9.17, 15) is 0 Å². The summed E-state index contributed by atoms with van der Waals surface area (Å²) < 4.78 is 7.37. The number of hydrogen-bond donors (Lipinski definition) is 0. The Morgan fingerprint density at radius 3 is 2.50 bits per heavy atom. The Kier molecular flexibility index (Phi) is 3.88. The summed E-state index contributed by atoms with van der Waals surface area (Å²) in [6, 6.07) is 4.62. The van der Waals surface area contributed by atoms with E-state index in [-0.39, 0.29) is 0 Å². The Morgan fingerprint density at radius 1 is 1.33 bits per heavy atom. The average Bonchev–Trinajstić information content (AvgIpc) is 2.56. The fourth-order valence-corrected chi connectivity index (χ4v) is 1.44. The Balaban J connectivity index is 2.53. The van der Waals surface area contributed by atoms with Gasteiger partial charge in [0.15, 0.2) is 0 Å². The van der Waals surface area contributed by atoms with Gasteiger partial charge in [0, 0.05) is 19.5 Å². The first-order chi connectivity index (χ1) is 5.88. The van der Waals surface area contributed by atoms with Crippen molar-refractivity contribution in [3.8, 4) is 0 Å². The van der Waals surface area contributed by atoms with Crippen molar-refractivity contribution in [2.45, 2.75) is 25.8 Å². The topological polar surface area (TPSA) is 14.2 Å². The fraction of sp³-hybridized carbons (Fsp3) is 0.600. The average molecular weight is 167 g/mol. The molecule has 0 spiro atoms. The summed E-state index contributed by atoms with van der Waals surface area (Å²) in [6.07, 6.45) is 6.58. The molecule has 1 aromatic rings. The third-order valence-corrected chi connectivity index (χ3v) is 2.03. The van der Waals surface area contributed by atoms with Crippen LogP contribution in [-0.4, -0.2) is 18.3 Å². The molecule has 1 heterocycles. The van der Waals surface area contributed by atoms with Crippen molar-refractivity contribution in [3.05, 3.63) is 24.5 Å². The van der Waals surface area contributed by atoms with Gasteiger partial charge in [0.05, 0.1) is 12.6 Å². The Labute approximate surface area is 74.2 Å². The summed E-state index contributed by atoms with van der Waals surface area (Å²) in [5.74, 6) is 0. The quantitative estimate of drug-likeness (QED) is 0.657. The molecule has 0 N–H and O–H groups in total. The molecule has 1 atom stereocenters. The smallest absolute Gasteiger partial charge is 0.0669 e. The van der Waals surface area contributed by atoms with Crippen LogP contribution in [0.2, 0.25) is 0 Å². The predicted molar refractivity (Wildman–Crippen MR) is 50.3 cm³/mol. The van der Waals surface area contributed by atoms with Crippen LogP contribution in [0.3, 0.4) is 0 Å². The second-order valence-corrected chi connectivity index (χ2v) is 3.03. The van der Waals surface area contributed by atoms with Gasteiger partial charge in [0.2, 0.25) is 0 Å². The third-order valence-electron chi connectivity index (χ3n) is 2.03. The molecular formula is C10H17NO. The molecule has 2 heteroatoms. The summed E-state index contributed by atoms with van der Waals surface area (Å²) in [5, 5.41) is 0. The SMILES string of the molecule is CCCC(COC)n1cccc1. The van der Waals surface area contributed by atoms with Gasteiger partial charge >= 0.3 is 0 Å². The molecule has 0 aliphatic rings. The lowest BCUT2D eigenvalue weighted by molar-refractivity contribution is 0.150. The van der Waals surface area contributed by atoms with E-state index in [1.807, 2.05) is 0 Å². The predicted octanol–water partition coefficient (Wildman–Crippen LogP) is 2.48. The number of hydrogen-bond acceptors (Lipinski definition) is 1. The van der Waals surface area contributed by atoms with Crippen LogP contribution in [0.4, 0.5) is 0 Å². The highest BCUT2D eigenvalue weighted by Crippen LogP contribution is 2.13. The molecule has 0 saturated carbocycles. The molecule has 0 fully saturated rings. The molecule has 12 heavy (non-hydrogen) atoms. The first kappa shape index (κ1) is 9.33. The van der Waals surface area contributed by atoms with Gasteiger partial charge in [-0.15, -0.1) is 0 Å². The van der Waals surface area contributed by atoms with Crippen LogP contribution < -0.4 is 0 Å². The Morgan fingerprint density at radius 2 is 2.00 bits per heavy atom. The van der Waals surface area contributed by atoms with Gasteiger partial charge < -0.3 is 9.30 Å². The number of methoxy groups -OCH3 is 1. The van der Waals surface area contributed by atoms with Gasteiger partial charge in [0.1, 0.15) is 0 Å². The van der Waals surface area contributed by atoms with E-state index in [1.54, 1.807) is 7.11 Å². The van der Waals surface area contributed by atoms with Crippen LogP contribution in [0.15, 0.2) is 24.5 Å². The zero-order valence-electron chi connectivity index (χ0n) is 7.86. The van der Waals surface area contributed by atoms with Gasteiger partial charge in [-0.25, -0.2) is 0 Å². The number of aromatic nitrogens is 1. The van der Waals surface area contributed by atoms with Crippen LogP contribution in [0.1, 0.15) is 25.8 Å². The van der Waals surface area contributed by atoms with Crippen LogP contribution in [0.25, 0.3) is 0 Å². The van der Waals surface area contributed by atoms with E-state index in [0.717, 1.165) is 6.61 Å². The van der Waals surface area contributed by atoms with E-state index in [4.69, 9.17) is 4.74 Å². The van der Waals surface area contributed by atoms with Crippen molar-refractivity contribution in [1.29, 1.82) is 0 Å². The maximum Gasteiger partial charge on any atom is 0.0669 e. The molecule has 1 rings (SSSR count). The first-order valence-electron chi connectivity index (χ1n) is 4.50. The molecule has 0 aliphatic carbocycles. The Bertz CT molecular complexity index is 188. The molecule has 0 saturated heterocycles. The van der Waals surface area contributed by atoms with Crippen LogP contribution >= 0.6 is 0 Å². The normalized spacial score (nSPS) is 13.2. The van der Waals surface area contributed by atoms with Crippen molar-refractivity contribution in [3.63, 3.8) is 0 Å². The summed E-state index contributed by atoms with van der Waals surface area (Å²) in [5.41, 5.74) is 0. The second kappa shape index (κ2) is 4.99. The minimum atomic E-state index is 0.509. The van der Waals surface area contributed by atoms with Crippen molar-refractivity contribution in [2.24, 2.45) is 0 Å². The highest BCUT2D eigenvalue weighted by molar-refractivity contribution is 4.93. The van der Waals surface area contributed by atoms with Crippen LogP contribution in [0, 0.1) is 0 Å². The Hall–Kier alpha value is -0.760. The number of ether oxygens (including phenoxy) is 1. The lowest BCUT2D eigenvalue weighted by Crippen LogP contribution is -2.12. The van der Waals surface area contributed by atoms with E-state index in [1.165, 1.54) is 12.8 Å². The zero-order chi connectivity index (χ0) is 8.81. The van der Waals surface area contributed by atoms with Crippen molar-refractivity contribution in [2.75, 3.05) is 13.7 Å². The van der Waals surface area contributed by atoms with Gasteiger partial charge in [-0.3, -0.25) is 0 Å². The van der Waals surface area contributed by atoms with Crippen molar-refractivity contribution >= 4 is 0 Å². The fourth-order valence-electron chi connectivity index (χ4n) is 1.44. The monoisotopic (exact) mass is 167 g/mol. The lowest BCUT2D eigenvalue weighted by atomic mass is 10.2. The van der Waals surface area contributed by atoms with E-state index in [2.05, 4.69) is 36.0 Å². The molecule has 0 bridgehead atoms. The van der Waals surface area contributed by atoms with Gasteiger partial charge in [0.25, 0.3) is 0 Å². The van der Waals surface area contributed by atoms with Crippen LogP contribution in [-0.2, 0) is 4.74 Å². The highest BCUT2D eigenvalue weighted by atomic mass is 16.5. The molecule has 0 radical (unpaired) electrons. The van der Waals surface area contributed by atoms with Crippen molar-refractivity contribution < 1.29 is 4.74 Å². The molecule has 0 amide bonds. The zero-order valence-corrected chi connectivity index (χ0v) is 7.86. The summed E-state index contributed by atoms with van der Waals surface area (Å²) in [7, 11) is 1.76. The standard InChI is InChI=1S/C10H17NO/c1-3-6-10(9-12-2)11-7-4-5-8-11/h4-5,7-8,10H,3,6,9H2,1-2H3. The van der Waals surface area contributed by atoms with Gasteiger partial charge in [-0.1, -0.05) is 13.3 Å². The molecule has 0 aromatic carbocycles. The molecule has 1 aromatic heterocycles. The maximum atomic E-state index is 5.16. The second-order valence-electron chi connectivity index (χ2n) is 3.03. The van der Waals surface area contributed by atoms with Crippen molar-refractivity contribution in [1.82, 2.24) is 4.57 Å². The largest absolute Gasteiger partial charge is 0.383 e. The highest BCUT2D eigenvalue weighted by Gasteiger charge is 2.06. The molecule has 0 aliphatic heterocycles. The van der Waals surface area contributed by atoms with Gasteiger partial charge in [-0.2, -0.15) is 0 Å².